The third-order valence-corrected chi connectivity index (χ3v) is 4.07. The predicted molar refractivity (Wildman–Crippen MR) is 75.3 cm³/mol. The van der Waals surface area contributed by atoms with Crippen molar-refractivity contribution in [3.05, 3.63) is 0 Å². The number of ether oxygens (including phenoxy) is 2. The van der Waals surface area contributed by atoms with E-state index in [2.05, 4.69) is 12.2 Å². The molecule has 6 heteroatoms. The largest absolute Gasteiger partial charge is 0.381 e. The summed E-state index contributed by atoms with van der Waals surface area (Å²) in [7, 11) is 0. The predicted octanol–water partition coefficient (Wildman–Crippen LogP) is 0.705. The average molecular weight is 293 g/mol. The van der Waals surface area contributed by atoms with Crippen LogP contribution in [0.1, 0.15) is 26.2 Å². The maximum atomic E-state index is 12.0. The highest BCUT2D eigenvalue weighted by Crippen LogP contribution is 2.26. The number of amides is 1. The fraction of sp³-hybridized carbons (Fsp3) is 0.923. The molecule has 19 heavy (non-hydrogen) atoms. The summed E-state index contributed by atoms with van der Waals surface area (Å²) in [5.41, 5.74) is 6.10. The van der Waals surface area contributed by atoms with E-state index in [9.17, 15) is 4.79 Å². The van der Waals surface area contributed by atoms with E-state index in [1.54, 1.807) is 0 Å². The minimum Gasteiger partial charge on any atom is -0.381 e. The number of carbonyl (C=O) groups excluding carboxylic acids is 1. The van der Waals surface area contributed by atoms with Gasteiger partial charge in [-0.15, -0.1) is 12.4 Å². The smallest absolute Gasteiger partial charge is 0.237 e. The van der Waals surface area contributed by atoms with E-state index in [0.717, 1.165) is 45.7 Å². The van der Waals surface area contributed by atoms with Crippen molar-refractivity contribution < 1.29 is 14.3 Å². The fourth-order valence-electron chi connectivity index (χ4n) is 2.56. The molecule has 0 aromatic carbocycles. The fourth-order valence-corrected chi connectivity index (χ4v) is 2.56. The van der Waals surface area contributed by atoms with Gasteiger partial charge in [-0.1, -0.05) is 6.92 Å². The summed E-state index contributed by atoms with van der Waals surface area (Å²) < 4.78 is 10.7. The Morgan fingerprint density at radius 1 is 1.37 bits per heavy atom. The molecule has 2 aliphatic rings. The van der Waals surface area contributed by atoms with Gasteiger partial charge < -0.3 is 20.5 Å². The van der Waals surface area contributed by atoms with Crippen LogP contribution in [0.25, 0.3) is 0 Å². The van der Waals surface area contributed by atoms with Crippen LogP contribution in [0.5, 0.6) is 0 Å². The topological polar surface area (TPSA) is 73.6 Å². The van der Waals surface area contributed by atoms with Crippen molar-refractivity contribution in [2.75, 3.05) is 33.0 Å². The van der Waals surface area contributed by atoms with Gasteiger partial charge in [0.1, 0.15) is 0 Å². The molecule has 0 radical (unpaired) electrons. The molecule has 2 fully saturated rings. The van der Waals surface area contributed by atoms with Crippen LogP contribution >= 0.6 is 12.4 Å². The molecule has 0 aliphatic carbocycles. The summed E-state index contributed by atoms with van der Waals surface area (Å²) in [6, 6.07) is -0.403. The van der Waals surface area contributed by atoms with Gasteiger partial charge >= 0.3 is 0 Å². The van der Waals surface area contributed by atoms with Crippen LogP contribution < -0.4 is 11.1 Å². The molecule has 2 heterocycles. The first kappa shape index (κ1) is 16.7. The molecule has 2 saturated heterocycles. The lowest BCUT2D eigenvalue weighted by molar-refractivity contribution is -0.124. The van der Waals surface area contributed by atoms with Crippen LogP contribution in [0.3, 0.4) is 0 Å². The van der Waals surface area contributed by atoms with Gasteiger partial charge in [-0.25, -0.2) is 0 Å². The highest BCUT2D eigenvalue weighted by Gasteiger charge is 2.32. The molecule has 5 nitrogen and oxygen atoms in total. The third kappa shape index (κ3) is 4.60. The average Bonchev–Trinajstić information content (AvgIpc) is 2.83. The van der Waals surface area contributed by atoms with Crippen LogP contribution in [0.15, 0.2) is 0 Å². The molecule has 1 amide bonds. The standard InChI is InChI=1S/C13H24N2O3.ClH/c1-13(4-7-18-9-13)8-15-12(16)11(14)10-2-5-17-6-3-10;/h10-11H,2-9,14H2,1H3,(H,15,16);1H. The molecule has 2 rings (SSSR count). The highest BCUT2D eigenvalue weighted by atomic mass is 35.5. The number of hydrogen-bond acceptors (Lipinski definition) is 4. The van der Waals surface area contributed by atoms with Gasteiger partial charge in [0.25, 0.3) is 0 Å². The molecule has 0 saturated carbocycles. The van der Waals surface area contributed by atoms with Crippen molar-refractivity contribution in [1.82, 2.24) is 5.32 Å². The van der Waals surface area contributed by atoms with Crippen molar-refractivity contribution in [1.29, 1.82) is 0 Å². The lowest BCUT2D eigenvalue weighted by atomic mass is 9.89. The van der Waals surface area contributed by atoms with Gasteiger partial charge in [0, 0.05) is 31.8 Å². The van der Waals surface area contributed by atoms with E-state index in [1.807, 2.05) is 0 Å². The zero-order chi connectivity index (χ0) is 13.0. The van der Waals surface area contributed by atoms with Crippen molar-refractivity contribution in [2.45, 2.75) is 32.2 Å². The summed E-state index contributed by atoms with van der Waals surface area (Å²) >= 11 is 0. The van der Waals surface area contributed by atoms with E-state index >= 15 is 0 Å². The first-order valence-electron chi connectivity index (χ1n) is 6.79. The number of rotatable bonds is 4. The van der Waals surface area contributed by atoms with Gasteiger partial charge in [0.2, 0.25) is 5.91 Å². The summed E-state index contributed by atoms with van der Waals surface area (Å²) in [6.45, 7) is 5.75. The Kier molecular flexibility index (Phi) is 6.53. The van der Waals surface area contributed by atoms with E-state index in [0.29, 0.717) is 6.54 Å². The molecule has 0 aromatic heterocycles. The summed E-state index contributed by atoms with van der Waals surface area (Å²) in [5.74, 6) is 0.224. The van der Waals surface area contributed by atoms with Gasteiger partial charge in [-0.05, 0) is 25.2 Å². The second-order valence-electron chi connectivity index (χ2n) is 5.81. The second kappa shape index (κ2) is 7.43. The molecule has 2 aliphatic heterocycles. The minimum absolute atomic E-state index is 0. The maximum absolute atomic E-state index is 12.0. The summed E-state index contributed by atoms with van der Waals surface area (Å²) in [5, 5.41) is 2.98. The number of halogens is 1. The monoisotopic (exact) mass is 292 g/mol. The molecule has 2 atom stereocenters. The van der Waals surface area contributed by atoms with Gasteiger partial charge in [0.15, 0.2) is 0 Å². The molecule has 2 unspecified atom stereocenters. The van der Waals surface area contributed by atoms with Gasteiger partial charge in [-0.3, -0.25) is 4.79 Å². The maximum Gasteiger partial charge on any atom is 0.237 e. The van der Waals surface area contributed by atoms with Crippen molar-refractivity contribution >= 4 is 18.3 Å². The SMILES string of the molecule is CC1(CNC(=O)C(N)C2CCOCC2)CCOC1.Cl. The summed E-state index contributed by atoms with van der Waals surface area (Å²) in [4.78, 5) is 12.0. The van der Waals surface area contributed by atoms with Gasteiger partial charge in [-0.2, -0.15) is 0 Å². The molecule has 0 aromatic rings. The number of carbonyl (C=O) groups is 1. The first-order chi connectivity index (χ1) is 8.61. The summed E-state index contributed by atoms with van der Waals surface area (Å²) in [6.07, 6.45) is 2.77. The Bertz CT molecular complexity index is 290. The lowest BCUT2D eigenvalue weighted by Crippen LogP contribution is -2.49. The normalized spacial score (nSPS) is 29.6. The Hall–Kier alpha value is -0.360. The van der Waals surface area contributed by atoms with Crippen molar-refractivity contribution in [3.63, 3.8) is 0 Å². The van der Waals surface area contributed by atoms with Crippen LogP contribution in [-0.4, -0.2) is 44.9 Å². The van der Waals surface area contributed by atoms with E-state index in [1.165, 1.54) is 0 Å². The molecular weight excluding hydrogens is 268 g/mol. The first-order valence-corrected chi connectivity index (χ1v) is 6.79. The van der Waals surface area contributed by atoms with Crippen molar-refractivity contribution in [3.8, 4) is 0 Å². The number of hydrogen-bond donors (Lipinski definition) is 2. The quantitative estimate of drug-likeness (QED) is 0.800. The van der Waals surface area contributed by atoms with Gasteiger partial charge in [0.05, 0.1) is 12.6 Å². The molecule has 3 N–H and O–H groups in total. The lowest BCUT2D eigenvalue weighted by Gasteiger charge is -2.28. The second-order valence-corrected chi connectivity index (χ2v) is 5.81. The Morgan fingerprint density at radius 2 is 2.05 bits per heavy atom. The zero-order valence-electron chi connectivity index (χ0n) is 11.5. The Balaban J connectivity index is 0.00000180. The molecule has 0 bridgehead atoms. The minimum atomic E-state index is -0.403. The third-order valence-electron chi connectivity index (χ3n) is 4.07. The van der Waals surface area contributed by atoms with Crippen molar-refractivity contribution in [2.24, 2.45) is 17.1 Å². The highest BCUT2D eigenvalue weighted by molar-refractivity contribution is 5.85. The van der Waals surface area contributed by atoms with E-state index < -0.39 is 6.04 Å². The van der Waals surface area contributed by atoms with Crippen LogP contribution in [0.2, 0.25) is 0 Å². The van der Waals surface area contributed by atoms with Crippen LogP contribution in [0, 0.1) is 11.3 Å². The molecule has 0 spiro atoms. The molecular formula is C13H25ClN2O3. The van der Waals surface area contributed by atoms with E-state index in [4.69, 9.17) is 15.2 Å². The van der Waals surface area contributed by atoms with Crippen LogP contribution in [-0.2, 0) is 14.3 Å². The molecule has 112 valence electrons. The van der Waals surface area contributed by atoms with Crippen LogP contribution in [0.4, 0.5) is 0 Å². The number of nitrogens with two attached hydrogens (primary N) is 1. The Labute approximate surface area is 121 Å². The number of nitrogens with one attached hydrogen (secondary N) is 1. The Morgan fingerprint density at radius 3 is 2.63 bits per heavy atom. The zero-order valence-corrected chi connectivity index (χ0v) is 12.3. The van der Waals surface area contributed by atoms with E-state index in [-0.39, 0.29) is 29.6 Å².